The van der Waals surface area contributed by atoms with Crippen molar-refractivity contribution in [1.29, 1.82) is 0 Å². The lowest BCUT2D eigenvalue weighted by atomic mass is 10.1. The van der Waals surface area contributed by atoms with Crippen LogP contribution in [0.15, 0.2) is 0 Å². The van der Waals surface area contributed by atoms with Crippen LogP contribution in [0.2, 0.25) is 0 Å². The molecule has 0 rings (SSSR count). The Balaban J connectivity index is 3.78. The molecule has 0 aliphatic carbocycles. The summed E-state index contributed by atoms with van der Waals surface area (Å²) in [5, 5.41) is 17.2. The van der Waals surface area contributed by atoms with Crippen LogP contribution in [-0.4, -0.2) is 33.9 Å². The van der Waals surface area contributed by atoms with Gasteiger partial charge in [0.2, 0.25) is 0 Å². The Morgan fingerprint density at radius 2 is 1.77 bits per heavy atom. The van der Waals surface area contributed by atoms with E-state index in [-0.39, 0.29) is 18.6 Å². The van der Waals surface area contributed by atoms with E-state index in [2.05, 4.69) is 0 Å². The topological polar surface area (TPSA) is 91.7 Å². The summed E-state index contributed by atoms with van der Waals surface area (Å²) in [5.74, 6) is -1.88. The van der Waals surface area contributed by atoms with Crippen molar-refractivity contribution < 1.29 is 24.6 Å². The molecular formula is C8H12O5. The molecule has 74 valence electrons. The summed E-state index contributed by atoms with van der Waals surface area (Å²) >= 11 is 0. The van der Waals surface area contributed by atoms with Gasteiger partial charge in [-0.15, -0.1) is 0 Å². The molecule has 0 aromatic carbocycles. The van der Waals surface area contributed by atoms with Gasteiger partial charge in [0.05, 0.1) is 18.9 Å². The fraction of sp³-hybridized carbons (Fsp3) is 0.625. The number of rotatable bonds is 6. The smallest absolute Gasteiger partial charge is 0.305 e. The zero-order valence-corrected chi connectivity index (χ0v) is 7.32. The number of carbonyl (C=O) groups excluding carboxylic acids is 2. The third-order valence-electron chi connectivity index (χ3n) is 1.32. The summed E-state index contributed by atoms with van der Waals surface area (Å²) in [7, 11) is 0. The van der Waals surface area contributed by atoms with Crippen LogP contribution in [0.1, 0.15) is 26.2 Å². The first-order valence-electron chi connectivity index (χ1n) is 3.82. The molecule has 1 atom stereocenters. The molecule has 0 aliphatic heterocycles. The molecule has 0 saturated carbocycles. The third kappa shape index (κ3) is 7.14. The highest BCUT2D eigenvalue weighted by molar-refractivity contribution is 5.98. The summed E-state index contributed by atoms with van der Waals surface area (Å²) in [4.78, 5) is 31.4. The van der Waals surface area contributed by atoms with Gasteiger partial charge in [0, 0.05) is 6.42 Å². The average molecular weight is 188 g/mol. The Morgan fingerprint density at radius 3 is 2.15 bits per heavy atom. The number of carboxylic acids is 1. The van der Waals surface area contributed by atoms with Gasteiger partial charge in [-0.3, -0.25) is 14.4 Å². The summed E-state index contributed by atoms with van der Waals surface area (Å²) in [6.45, 7) is 1.27. The minimum Gasteiger partial charge on any atom is -0.481 e. The number of carbonyl (C=O) groups is 3. The molecule has 0 aromatic heterocycles. The van der Waals surface area contributed by atoms with Crippen LogP contribution in [0, 0.1) is 0 Å². The van der Waals surface area contributed by atoms with Crippen LogP contribution in [0.4, 0.5) is 0 Å². The Hall–Kier alpha value is -1.23. The normalized spacial score (nSPS) is 12.2. The van der Waals surface area contributed by atoms with E-state index in [4.69, 9.17) is 10.2 Å². The van der Waals surface area contributed by atoms with E-state index < -0.39 is 24.3 Å². The van der Waals surface area contributed by atoms with E-state index in [0.29, 0.717) is 0 Å². The minimum atomic E-state index is -1.19. The summed E-state index contributed by atoms with van der Waals surface area (Å²) in [5.41, 5.74) is 0. The van der Waals surface area contributed by atoms with Crippen LogP contribution < -0.4 is 0 Å². The van der Waals surface area contributed by atoms with E-state index in [1.807, 2.05) is 0 Å². The van der Waals surface area contributed by atoms with E-state index in [1.165, 1.54) is 6.92 Å². The lowest BCUT2D eigenvalue weighted by Crippen LogP contribution is -2.18. The Morgan fingerprint density at radius 1 is 1.23 bits per heavy atom. The van der Waals surface area contributed by atoms with Gasteiger partial charge < -0.3 is 10.2 Å². The highest BCUT2D eigenvalue weighted by atomic mass is 16.4. The van der Waals surface area contributed by atoms with Crippen molar-refractivity contribution in [2.24, 2.45) is 0 Å². The first kappa shape index (κ1) is 11.8. The molecule has 0 heterocycles. The minimum absolute atomic E-state index is 0.239. The molecule has 0 bridgehead atoms. The Bertz CT molecular complexity index is 221. The van der Waals surface area contributed by atoms with Crippen molar-refractivity contribution in [2.45, 2.75) is 32.3 Å². The second kappa shape index (κ2) is 5.42. The lowest BCUT2D eigenvalue weighted by molar-refractivity contribution is -0.139. The van der Waals surface area contributed by atoms with Crippen molar-refractivity contribution in [3.05, 3.63) is 0 Å². The number of ketones is 2. The maximum Gasteiger partial charge on any atom is 0.305 e. The first-order valence-corrected chi connectivity index (χ1v) is 3.82. The van der Waals surface area contributed by atoms with E-state index >= 15 is 0 Å². The maximum atomic E-state index is 10.9. The average Bonchev–Trinajstić information content (AvgIpc) is 1.80. The third-order valence-corrected chi connectivity index (χ3v) is 1.32. The molecule has 5 heteroatoms. The van der Waals surface area contributed by atoms with Crippen LogP contribution in [-0.2, 0) is 14.4 Å². The zero-order chi connectivity index (χ0) is 10.4. The molecule has 0 fully saturated rings. The molecule has 0 radical (unpaired) electrons. The van der Waals surface area contributed by atoms with E-state index in [0.717, 1.165) is 0 Å². The van der Waals surface area contributed by atoms with Gasteiger partial charge in [-0.2, -0.15) is 0 Å². The van der Waals surface area contributed by atoms with Gasteiger partial charge in [-0.1, -0.05) is 0 Å². The Labute approximate surface area is 75.4 Å². The molecule has 0 aliphatic rings. The first-order chi connectivity index (χ1) is 5.91. The van der Waals surface area contributed by atoms with Crippen molar-refractivity contribution in [3.8, 4) is 0 Å². The molecule has 2 N–H and O–H groups in total. The molecule has 13 heavy (non-hydrogen) atoms. The number of aliphatic hydroxyl groups is 1. The van der Waals surface area contributed by atoms with Crippen LogP contribution in [0.25, 0.3) is 0 Å². The van der Waals surface area contributed by atoms with Gasteiger partial charge in [-0.25, -0.2) is 0 Å². The molecule has 5 nitrogen and oxygen atoms in total. The number of Topliss-reactive ketones (excluding diaryl/α,β-unsaturated/α-hetero) is 2. The predicted octanol–water partition coefficient (Wildman–Crippen LogP) is -0.240. The van der Waals surface area contributed by atoms with Gasteiger partial charge >= 0.3 is 5.97 Å². The number of aliphatic hydroxyl groups excluding tert-OH is 1. The Kier molecular flexibility index (Phi) is 4.91. The van der Waals surface area contributed by atoms with Gasteiger partial charge in [-0.05, 0) is 6.92 Å². The lowest BCUT2D eigenvalue weighted by Gasteiger charge is -2.04. The maximum absolute atomic E-state index is 10.9. The highest BCUT2D eigenvalue weighted by Crippen LogP contribution is 2.01. The summed E-state index contributed by atoms with van der Waals surface area (Å²) in [6, 6.07) is 0. The molecular weight excluding hydrogens is 176 g/mol. The second-order valence-electron chi connectivity index (χ2n) is 2.87. The molecule has 0 amide bonds. The van der Waals surface area contributed by atoms with Crippen LogP contribution in [0.3, 0.4) is 0 Å². The fourth-order valence-electron chi connectivity index (χ4n) is 0.886. The van der Waals surface area contributed by atoms with Gasteiger partial charge in [0.15, 0.2) is 0 Å². The van der Waals surface area contributed by atoms with Crippen LogP contribution in [0.5, 0.6) is 0 Å². The molecule has 0 saturated heterocycles. The fourth-order valence-corrected chi connectivity index (χ4v) is 0.886. The number of carboxylic acid groups (broad SMARTS) is 1. The predicted molar refractivity (Wildman–Crippen MR) is 43.2 cm³/mol. The van der Waals surface area contributed by atoms with Crippen molar-refractivity contribution >= 4 is 17.5 Å². The second-order valence-corrected chi connectivity index (χ2v) is 2.87. The SMILES string of the molecule is CC(=O)CC(=O)C[C@@H](O)CC(=O)O. The van der Waals surface area contributed by atoms with Crippen molar-refractivity contribution in [1.82, 2.24) is 0 Å². The highest BCUT2D eigenvalue weighted by Gasteiger charge is 2.15. The molecule has 0 spiro atoms. The van der Waals surface area contributed by atoms with E-state index in [9.17, 15) is 14.4 Å². The standard InChI is InChI=1S/C8H12O5/c1-5(9)2-6(10)3-7(11)4-8(12)13/h7,11H,2-4H2,1H3,(H,12,13)/t7-/m1/s1. The van der Waals surface area contributed by atoms with Gasteiger partial charge in [0.25, 0.3) is 0 Å². The van der Waals surface area contributed by atoms with Crippen molar-refractivity contribution in [2.75, 3.05) is 0 Å². The summed E-state index contributed by atoms with van der Waals surface area (Å²) < 4.78 is 0. The zero-order valence-electron chi connectivity index (χ0n) is 7.32. The largest absolute Gasteiger partial charge is 0.481 e. The van der Waals surface area contributed by atoms with E-state index in [1.54, 1.807) is 0 Å². The monoisotopic (exact) mass is 188 g/mol. The number of hydrogen-bond acceptors (Lipinski definition) is 4. The van der Waals surface area contributed by atoms with Crippen molar-refractivity contribution in [3.63, 3.8) is 0 Å². The molecule has 0 aromatic rings. The quantitative estimate of drug-likeness (QED) is 0.561. The van der Waals surface area contributed by atoms with Crippen LogP contribution >= 0.6 is 0 Å². The van der Waals surface area contributed by atoms with Gasteiger partial charge in [0.1, 0.15) is 11.6 Å². The molecule has 0 unspecified atom stereocenters. The summed E-state index contributed by atoms with van der Waals surface area (Å²) in [6.07, 6.45) is -2.17. The number of aliphatic carboxylic acids is 1. The number of hydrogen-bond donors (Lipinski definition) is 2.